The second-order valence-corrected chi connectivity index (χ2v) is 5.17. The van der Waals surface area contributed by atoms with Crippen LogP contribution >= 0.6 is 12.2 Å². The van der Waals surface area contributed by atoms with Crippen LogP contribution in [0.5, 0.6) is 5.75 Å². The summed E-state index contributed by atoms with van der Waals surface area (Å²) in [6.45, 7) is 0. The minimum atomic E-state index is -0.508. The SMILES string of the molecule is COc1ccc(/C=N\n2c(-c3ccccc3F)n[nH]c2=S)cc1F. The topological polar surface area (TPSA) is 55.2 Å². The van der Waals surface area contributed by atoms with Crippen LogP contribution in [0.3, 0.4) is 0 Å². The predicted octanol–water partition coefficient (Wildman–Crippen LogP) is 3.78. The highest BCUT2D eigenvalue weighted by Crippen LogP contribution is 2.21. The van der Waals surface area contributed by atoms with Gasteiger partial charge in [0.1, 0.15) is 5.82 Å². The van der Waals surface area contributed by atoms with Crippen molar-refractivity contribution >= 4 is 18.4 Å². The van der Waals surface area contributed by atoms with Gasteiger partial charge in [-0.2, -0.15) is 14.9 Å². The summed E-state index contributed by atoms with van der Waals surface area (Å²) < 4.78 is 34.0. The molecule has 1 N–H and O–H groups in total. The van der Waals surface area contributed by atoms with Crippen LogP contribution in [-0.2, 0) is 0 Å². The number of halogens is 2. The molecular formula is C16H12F2N4OS. The van der Waals surface area contributed by atoms with Gasteiger partial charge in [0.25, 0.3) is 0 Å². The Morgan fingerprint density at radius 2 is 2.00 bits per heavy atom. The molecule has 122 valence electrons. The van der Waals surface area contributed by atoms with Crippen LogP contribution in [0.4, 0.5) is 8.78 Å². The smallest absolute Gasteiger partial charge is 0.216 e. The molecule has 0 aliphatic rings. The maximum atomic E-state index is 13.9. The molecule has 0 saturated heterocycles. The van der Waals surface area contributed by atoms with Gasteiger partial charge in [-0.05, 0) is 48.1 Å². The monoisotopic (exact) mass is 346 g/mol. The van der Waals surface area contributed by atoms with Crippen LogP contribution in [0.2, 0.25) is 0 Å². The average molecular weight is 346 g/mol. The molecule has 1 heterocycles. The second-order valence-electron chi connectivity index (χ2n) is 4.78. The summed E-state index contributed by atoms with van der Waals surface area (Å²) in [7, 11) is 1.39. The Bertz CT molecular complexity index is 965. The minimum absolute atomic E-state index is 0.138. The summed E-state index contributed by atoms with van der Waals surface area (Å²) in [4.78, 5) is 0. The molecule has 0 amide bonds. The molecule has 2 aromatic carbocycles. The summed E-state index contributed by atoms with van der Waals surface area (Å²) in [6.07, 6.45) is 1.40. The number of hydrogen-bond donors (Lipinski definition) is 1. The van der Waals surface area contributed by atoms with Crippen molar-refractivity contribution in [1.82, 2.24) is 14.9 Å². The van der Waals surface area contributed by atoms with Crippen LogP contribution < -0.4 is 4.74 Å². The Morgan fingerprint density at radius 1 is 1.21 bits per heavy atom. The Labute approximate surface area is 141 Å². The van der Waals surface area contributed by atoms with Gasteiger partial charge in [-0.3, -0.25) is 0 Å². The van der Waals surface area contributed by atoms with E-state index in [0.29, 0.717) is 5.56 Å². The average Bonchev–Trinajstić information content (AvgIpc) is 2.94. The summed E-state index contributed by atoms with van der Waals surface area (Å²) in [5.41, 5.74) is 0.749. The Morgan fingerprint density at radius 3 is 2.71 bits per heavy atom. The summed E-state index contributed by atoms with van der Waals surface area (Å²) in [5.74, 6) is -0.590. The number of nitrogens with one attached hydrogen (secondary N) is 1. The van der Waals surface area contributed by atoms with Crippen molar-refractivity contribution in [2.75, 3.05) is 7.11 Å². The number of nitrogens with zero attached hydrogens (tertiary/aromatic N) is 3. The van der Waals surface area contributed by atoms with Crippen molar-refractivity contribution in [2.45, 2.75) is 0 Å². The lowest BCUT2D eigenvalue weighted by molar-refractivity contribution is 0.386. The first-order valence-electron chi connectivity index (χ1n) is 6.90. The Hall–Kier alpha value is -2.87. The van der Waals surface area contributed by atoms with E-state index in [-0.39, 0.29) is 21.9 Å². The number of H-pyrrole nitrogens is 1. The van der Waals surface area contributed by atoms with E-state index in [0.717, 1.165) is 0 Å². The van der Waals surface area contributed by atoms with Crippen molar-refractivity contribution in [3.8, 4) is 17.1 Å². The fraction of sp³-hybridized carbons (Fsp3) is 0.0625. The van der Waals surface area contributed by atoms with Gasteiger partial charge >= 0.3 is 0 Å². The van der Waals surface area contributed by atoms with Gasteiger partial charge in [-0.15, -0.1) is 0 Å². The van der Waals surface area contributed by atoms with Crippen molar-refractivity contribution in [3.63, 3.8) is 0 Å². The summed E-state index contributed by atoms with van der Waals surface area (Å²) >= 11 is 5.11. The molecule has 0 bridgehead atoms. The number of aromatic nitrogens is 3. The third-order valence-electron chi connectivity index (χ3n) is 3.26. The molecule has 3 rings (SSSR count). The first-order chi connectivity index (χ1) is 11.6. The normalized spacial score (nSPS) is 11.1. The Balaban J connectivity index is 1.99. The highest BCUT2D eigenvalue weighted by Gasteiger charge is 2.12. The van der Waals surface area contributed by atoms with Crippen LogP contribution in [0.1, 0.15) is 5.56 Å². The van der Waals surface area contributed by atoms with Crippen LogP contribution in [0, 0.1) is 16.4 Å². The van der Waals surface area contributed by atoms with E-state index in [1.807, 2.05) is 0 Å². The largest absolute Gasteiger partial charge is 0.494 e. The number of hydrogen-bond acceptors (Lipinski definition) is 4. The first kappa shape index (κ1) is 16.0. The molecule has 24 heavy (non-hydrogen) atoms. The molecule has 0 unspecified atom stereocenters. The number of aromatic amines is 1. The zero-order valence-corrected chi connectivity index (χ0v) is 13.3. The number of benzene rings is 2. The first-order valence-corrected chi connectivity index (χ1v) is 7.31. The molecule has 3 aromatic rings. The van der Waals surface area contributed by atoms with E-state index in [1.165, 1.54) is 36.2 Å². The quantitative estimate of drug-likeness (QED) is 0.578. The minimum Gasteiger partial charge on any atom is -0.494 e. The molecule has 0 aliphatic carbocycles. The van der Waals surface area contributed by atoms with Gasteiger partial charge in [0.05, 0.1) is 18.9 Å². The number of methoxy groups -OCH3 is 1. The fourth-order valence-corrected chi connectivity index (χ4v) is 2.28. The van der Waals surface area contributed by atoms with Crippen molar-refractivity contribution < 1.29 is 13.5 Å². The van der Waals surface area contributed by atoms with Gasteiger partial charge in [-0.25, -0.2) is 13.9 Å². The van der Waals surface area contributed by atoms with Crippen LogP contribution in [0.15, 0.2) is 47.6 Å². The second kappa shape index (κ2) is 6.71. The van der Waals surface area contributed by atoms with Crippen molar-refractivity contribution in [1.29, 1.82) is 0 Å². The molecule has 0 atom stereocenters. The molecular weight excluding hydrogens is 334 g/mol. The van der Waals surface area contributed by atoms with E-state index in [4.69, 9.17) is 17.0 Å². The van der Waals surface area contributed by atoms with Crippen LogP contribution in [-0.4, -0.2) is 28.2 Å². The lowest BCUT2D eigenvalue weighted by atomic mass is 10.2. The van der Waals surface area contributed by atoms with E-state index in [9.17, 15) is 8.78 Å². The highest BCUT2D eigenvalue weighted by molar-refractivity contribution is 7.71. The van der Waals surface area contributed by atoms with E-state index in [1.54, 1.807) is 24.3 Å². The molecule has 0 radical (unpaired) electrons. The maximum Gasteiger partial charge on any atom is 0.216 e. The van der Waals surface area contributed by atoms with Crippen LogP contribution in [0.25, 0.3) is 11.4 Å². The van der Waals surface area contributed by atoms with Crippen molar-refractivity contribution in [3.05, 3.63) is 64.4 Å². The lowest BCUT2D eigenvalue weighted by Gasteiger charge is -2.03. The number of ether oxygens (including phenoxy) is 1. The molecule has 8 heteroatoms. The zero-order valence-electron chi connectivity index (χ0n) is 12.5. The van der Waals surface area contributed by atoms with Gasteiger partial charge < -0.3 is 4.74 Å². The molecule has 0 aliphatic heterocycles. The molecule has 5 nitrogen and oxygen atoms in total. The van der Waals surface area contributed by atoms with E-state index >= 15 is 0 Å². The predicted molar refractivity (Wildman–Crippen MR) is 88.7 cm³/mol. The summed E-state index contributed by atoms with van der Waals surface area (Å²) in [5, 5.41) is 10.7. The van der Waals surface area contributed by atoms with E-state index in [2.05, 4.69) is 15.3 Å². The van der Waals surface area contributed by atoms with Gasteiger partial charge in [0.2, 0.25) is 4.77 Å². The third kappa shape index (κ3) is 3.09. The zero-order chi connectivity index (χ0) is 17.1. The molecule has 0 saturated carbocycles. The van der Waals surface area contributed by atoms with E-state index < -0.39 is 11.6 Å². The van der Waals surface area contributed by atoms with Gasteiger partial charge in [0, 0.05) is 0 Å². The van der Waals surface area contributed by atoms with Crippen molar-refractivity contribution in [2.24, 2.45) is 5.10 Å². The molecule has 0 fully saturated rings. The third-order valence-corrected chi connectivity index (χ3v) is 3.53. The summed E-state index contributed by atoms with van der Waals surface area (Å²) in [6, 6.07) is 10.5. The standard InChI is InChI=1S/C16H12F2N4OS/c1-23-14-7-6-10(8-13(14)18)9-19-22-15(20-21-16(22)24)11-4-2-3-5-12(11)17/h2-9H,1H3,(H,21,24)/b19-9-. The highest BCUT2D eigenvalue weighted by atomic mass is 32.1. The fourth-order valence-electron chi connectivity index (χ4n) is 2.10. The number of rotatable bonds is 4. The lowest BCUT2D eigenvalue weighted by Crippen LogP contribution is -1.97. The Kier molecular flexibility index (Phi) is 4.48. The maximum absolute atomic E-state index is 13.9. The molecule has 1 aromatic heterocycles. The molecule has 0 spiro atoms. The van der Waals surface area contributed by atoms with Gasteiger partial charge in [0.15, 0.2) is 17.4 Å². The van der Waals surface area contributed by atoms with Gasteiger partial charge in [-0.1, -0.05) is 12.1 Å².